The number of carbonyl (C=O) groups is 2. The molecule has 4 N–H and O–H groups in total. The average Bonchev–Trinajstić information content (AvgIpc) is 2.49. The number of carboxylic acid groups (broad SMARTS) is 1. The van der Waals surface area contributed by atoms with Crippen molar-refractivity contribution in [1.29, 1.82) is 0 Å². The monoisotopic (exact) mass is 368 g/mol. The largest absolute Gasteiger partial charge is 0.480 e. The van der Waals surface area contributed by atoms with Gasteiger partial charge in [0.25, 0.3) is 0 Å². The Morgan fingerprint density at radius 3 is 2.43 bits per heavy atom. The molecule has 0 aromatic heterocycles. The van der Waals surface area contributed by atoms with E-state index in [1.165, 1.54) is 0 Å². The van der Waals surface area contributed by atoms with E-state index in [0.29, 0.717) is 13.2 Å². The standard InChI is InChI=1S/C14H29N2O5PS/c1-4-20-22(21-5-2)8-9-23-10-11(3)16-13(17)7-6-12(15)14(18)19/h11-12H,4-10,15H2,1-3H3,(H,16,17)(H,18,19). The maximum Gasteiger partial charge on any atom is 0.320 e. The van der Waals surface area contributed by atoms with Gasteiger partial charge in [0, 0.05) is 30.1 Å². The van der Waals surface area contributed by atoms with Crippen LogP contribution in [0.5, 0.6) is 0 Å². The number of carboxylic acids is 1. The molecule has 0 rings (SSSR count). The van der Waals surface area contributed by atoms with E-state index in [9.17, 15) is 9.59 Å². The third kappa shape index (κ3) is 12.7. The van der Waals surface area contributed by atoms with Gasteiger partial charge in [0.1, 0.15) is 6.04 Å². The van der Waals surface area contributed by atoms with E-state index in [2.05, 4.69) is 5.32 Å². The van der Waals surface area contributed by atoms with Crippen molar-refractivity contribution in [1.82, 2.24) is 5.32 Å². The first kappa shape index (κ1) is 22.6. The van der Waals surface area contributed by atoms with Crippen molar-refractivity contribution in [2.24, 2.45) is 5.73 Å². The Kier molecular flexibility index (Phi) is 13.7. The molecule has 0 spiro atoms. The minimum absolute atomic E-state index is 0.0268. The first-order valence-corrected chi connectivity index (χ1v) is 10.3. The fraction of sp³-hybridized carbons (Fsp3) is 0.857. The Morgan fingerprint density at radius 2 is 1.91 bits per heavy atom. The molecule has 0 aliphatic rings. The van der Waals surface area contributed by atoms with Gasteiger partial charge in [0.2, 0.25) is 5.91 Å². The molecular weight excluding hydrogens is 339 g/mol. The topological polar surface area (TPSA) is 111 Å². The van der Waals surface area contributed by atoms with E-state index in [4.69, 9.17) is 19.9 Å². The van der Waals surface area contributed by atoms with Crippen LogP contribution in [0.15, 0.2) is 0 Å². The molecule has 0 fully saturated rings. The second-order valence-electron chi connectivity index (χ2n) is 4.92. The van der Waals surface area contributed by atoms with Crippen LogP contribution in [-0.4, -0.2) is 59.9 Å². The van der Waals surface area contributed by atoms with Gasteiger partial charge in [-0.05, 0) is 27.2 Å². The van der Waals surface area contributed by atoms with Crippen LogP contribution in [0.4, 0.5) is 0 Å². The van der Waals surface area contributed by atoms with Gasteiger partial charge in [-0.3, -0.25) is 9.59 Å². The van der Waals surface area contributed by atoms with Gasteiger partial charge < -0.3 is 25.2 Å². The summed E-state index contributed by atoms with van der Waals surface area (Å²) in [5, 5.41) is 11.5. The second kappa shape index (κ2) is 14.0. The lowest BCUT2D eigenvalue weighted by atomic mass is 10.1. The summed E-state index contributed by atoms with van der Waals surface area (Å²) in [5.74, 6) is 0.454. The Labute approximate surface area is 144 Å². The molecule has 2 unspecified atom stereocenters. The maximum atomic E-state index is 11.7. The van der Waals surface area contributed by atoms with Crippen LogP contribution in [0.2, 0.25) is 0 Å². The predicted molar refractivity (Wildman–Crippen MR) is 94.8 cm³/mol. The van der Waals surface area contributed by atoms with Crippen molar-refractivity contribution >= 4 is 32.0 Å². The molecule has 0 heterocycles. The molecule has 9 heteroatoms. The van der Waals surface area contributed by atoms with Gasteiger partial charge in [-0.2, -0.15) is 11.8 Å². The fourth-order valence-electron chi connectivity index (χ4n) is 1.65. The minimum Gasteiger partial charge on any atom is -0.480 e. The molecule has 1 amide bonds. The number of hydrogen-bond acceptors (Lipinski definition) is 6. The van der Waals surface area contributed by atoms with E-state index in [1.54, 1.807) is 11.8 Å². The van der Waals surface area contributed by atoms with Gasteiger partial charge in [0.15, 0.2) is 8.38 Å². The zero-order valence-electron chi connectivity index (χ0n) is 14.1. The van der Waals surface area contributed by atoms with E-state index < -0.39 is 20.4 Å². The predicted octanol–water partition coefficient (Wildman–Crippen LogP) is 1.80. The van der Waals surface area contributed by atoms with Gasteiger partial charge in [0.05, 0.1) is 13.2 Å². The molecule has 0 aromatic carbocycles. The Hall–Kier alpha value is -0.400. The number of hydrogen-bond donors (Lipinski definition) is 3. The fourth-order valence-corrected chi connectivity index (χ4v) is 4.28. The first-order valence-electron chi connectivity index (χ1n) is 7.79. The molecule has 2 atom stereocenters. The minimum atomic E-state index is -1.08. The molecule has 23 heavy (non-hydrogen) atoms. The summed E-state index contributed by atoms with van der Waals surface area (Å²) in [6, 6.07) is -0.958. The zero-order valence-corrected chi connectivity index (χ0v) is 15.8. The molecule has 0 aromatic rings. The highest BCUT2D eigenvalue weighted by molar-refractivity contribution is 7.99. The van der Waals surface area contributed by atoms with Gasteiger partial charge >= 0.3 is 5.97 Å². The average molecular weight is 368 g/mol. The van der Waals surface area contributed by atoms with Crippen molar-refractivity contribution in [3.05, 3.63) is 0 Å². The van der Waals surface area contributed by atoms with Crippen LogP contribution in [0.1, 0.15) is 33.6 Å². The molecule has 0 saturated carbocycles. The van der Waals surface area contributed by atoms with Crippen LogP contribution in [-0.2, 0) is 18.6 Å². The normalized spacial score (nSPS) is 13.8. The molecule has 136 valence electrons. The van der Waals surface area contributed by atoms with Crippen LogP contribution in [0, 0.1) is 0 Å². The first-order chi connectivity index (χ1) is 10.9. The lowest BCUT2D eigenvalue weighted by Gasteiger charge is -2.17. The van der Waals surface area contributed by atoms with Crippen molar-refractivity contribution in [3.8, 4) is 0 Å². The number of nitrogens with two attached hydrogens (primary N) is 1. The van der Waals surface area contributed by atoms with E-state index in [1.807, 2.05) is 20.8 Å². The van der Waals surface area contributed by atoms with Gasteiger partial charge in [-0.25, -0.2) is 0 Å². The maximum absolute atomic E-state index is 11.7. The van der Waals surface area contributed by atoms with E-state index in [-0.39, 0.29) is 24.8 Å². The molecule has 7 nitrogen and oxygen atoms in total. The lowest BCUT2D eigenvalue weighted by molar-refractivity contribution is -0.138. The summed E-state index contributed by atoms with van der Waals surface area (Å²) < 4.78 is 11.1. The summed E-state index contributed by atoms with van der Waals surface area (Å²) in [7, 11) is -0.806. The zero-order chi connectivity index (χ0) is 17.7. The highest BCUT2D eigenvalue weighted by atomic mass is 32.2. The lowest BCUT2D eigenvalue weighted by Crippen LogP contribution is -2.36. The van der Waals surface area contributed by atoms with E-state index >= 15 is 0 Å². The highest BCUT2D eigenvalue weighted by Gasteiger charge is 2.15. The number of carbonyl (C=O) groups excluding carboxylic acids is 1. The molecular formula is C14H29N2O5PS. The van der Waals surface area contributed by atoms with Crippen molar-refractivity contribution < 1.29 is 23.7 Å². The molecule has 0 saturated heterocycles. The van der Waals surface area contributed by atoms with Crippen molar-refractivity contribution in [3.63, 3.8) is 0 Å². The summed E-state index contributed by atoms with van der Waals surface area (Å²) in [5.41, 5.74) is 5.37. The summed E-state index contributed by atoms with van der Waals surface area (Å²) in [6.45, 7) is 7.14. The van der Waals surface area contributed by atoms with Crippen LogP contribution < -0.4 is 11.1 Å². The number of rotatable bonds is 14. The molecule has 0 radical (unpaired) electrons. The van der Waals surface area contributed by atoms with Gasteiger partial charge in [-0.1, -0.05) is 0 Å². The van der Waals surface area contributed by atoms with Crippen molar-refractivity contribution in [2.75, 3.05) is 30.9 Å². The third-order valence-electron chi connectivity index (χ3n) is 2.74. The summed E-state index contributed by atoms with van der Waals surface area (Å²) in [4.78, 5) is 22.3. The molecule has 0 aliphatic heterocycles. The number of aliphatic carboxylic acids is 1. The smallest absolute Gasteiger partial charge is 0.320 e. The Balaban J connectivity index is 3.78. The number of amides is 1. The summed E-state index contributed by atoms with van der Waals surface area (Å²) in [6.07, 6.45) is 1.15. The highest BCUT2D eigenvalue weighted by Crippen LogP contribution is 2.38. The van der Waals surface area contributed by atoms with Gasteiger partial charge in [-0.15, -0.1) is 0 Å². The molecule has 0 aliphatic carbocycles. The Bertz CT molecular complexity index is 343. The quantitative estimate of drug-likeness (QED) is 0.317. The number of nitrogens with one attached hydrogen (secondary N) is 1. The summed E-state index contributed by atoms with van der Waals surface area (Å²) >= 11 is 1.74. The second-order valence-corrected chi connectivity index (χ2v) is 7.70. The SMILES string of the molecule is CCOP(CCSCC(C)NC(=O)CCC(N)C(=O)O)OCC. The molecule has 0 bridgehead atoms. The Morgan fingerprint density at radius 1 is 1.30 bits per heavy atom. The van der Waals surface area contributed by atoms with E-state index in [0.717, 1.165) is 17.7 Å². The van der Waals surface area contributed by atoms with Crippen LogP contribution in [0.3, 0.4) is 0 Å². The third-order valence-corrected chi connectivity index (χ3v) is 5.95. The number of thioether (sulfide) groups is 1. The van der Waals surface area contributed by atoms with Crippen LogP contribution >= 0.6 is 20.1 Å². The van der Waals surface area contributed by atoms with Crippen LogP contribution in [0.25, 0.3) is 0 Å². The van der Waals surface area contributed by atoms with Crippen molar-refractivity contribution in [2.45, 2.75) is 45.7 Å².